The third-order valence-electron chi connectivity index (χ3n) is 6.55. The molecule has 8 N–H and O–H groups in total. The number of nitrogens with one attached hydrogen (secondary N) is 1. The molecule has 3 aliphatic heterocycles. The molecule has 11 nitrogen and oxygen atoms in total. The Morgan fingerprint density at radius 2 is 1.91 bits per heavy atom. The Balaban J connectivity index is 1.56. The summed E-state index contributed by atoms with van der Waals surface area (Å²) in [5.41, 5.74) is 10.5. The van der Waals surface area contributed by atoms with Gasteiger partial charge in [0.1, 0.15) is 12.1 Å². The molecule has 11 heteroatoms. The Morgan fingerprint density at radius 3 is 2.66 bits per heavy atom. The van der Waals surface area contributed by atoms with E-state index < -0.39 is 48.3 Å². The third kappa shape index (κ3) is 2.49. The summed E-state index contributed by atoms with van der Waals surface area (Å²) in [6.45, 7) is 1.19. The number of ether oxygens (including phenoxy) is 1. The Hall–Kier alpha value is -3.41. The zero-order valence-electron chi connectivity index (χ0n) is 17.2. The first kappa shape index (κ1) is 20.5. The minimum absolute atomic E-state index is 0.0543. The topological polar surface area (TPSA) is 179 Å². The molecule has 5 rings (SSSR count). The average Bonchev–Trinajstić information content (AvgIpc) is 3.20. The molecule has 1 fully saturated rings. The highest BCUT2D eigenvalue weighted by atomic mass is 16.6. The minimum atomic E-state index is -2.67. The Bertz CT molecular complexity index is 1160. The van der Waals surface area contributed by atoms with Crippen LogP contribution < -0.4 is 16.8 Å². The van der Waals surface area contributed by atoms with Gasteiger partial charge >= 0.3 is 5.97 Å². The van der Waals surface area contributed by atoms with Gasteiger partial charge in [-0.2, -0.15) is 0 Å². The molecule has 0 saturated carbocycles. The fourth-order valence-electron chi connectivity index (χ4n) is 5.20. The van der Waals surface area contributed by atoms with Crippen molar-refractivity contribution in [3.05, 3.63) is 48.0 Å². The van der Waals surface area contributed by atoms with E-state index in [0.717, 1.165) is 5.39 Å². The summed E-state index contributed by atoms with van der Waals surface area (Å²) in [5, 5.41) is 36.9. The number of rotatable bonds is 3. The highest BCUT2D eigenvalue weighted by Crippen LogP contribution is 2.48. The molecule has 0 aromatic heterocycles. The van der Waals surface area contributed by atoms with E-state index in [2.05, 4.69) is 15.3 Å². The van der Waals surface area contributed by atoms with Crippen LogP contribution in [0.1, 0.15) is 17.3 Å². The Morgan fingerprint density at radius 1 is 1.19 bits per heavy atom. The van der Waals surface area contributed by atoms with E-state index in [0.29, 0.717) is 5.39 Å². The second kappa shape index (κ2) is 6.79. The fraction of sp³-hybridized carbons (Fsp3) is 0.381. The van der Waals surface area contributed by atoms with Gasteiger partial charge in [0.25, 0.3) is 0 Å². The lowest BCUT2D eigenvalue weighted by molar-refractivity contribution is -0.257. The van der Waals surface area contributed by atoms with Crippen molar-refractivity contribution >= 4 is 28.7 Å². The largest absolute Gasteiger partial charge is 0.451 e. The fourth-order valence-corrected chi connectivity index (χ4v) is 5.20. The molecule has 0 bridgehead atoms. The van der Waals surface area contributed by atoms with Gasteiger partial charge in [0.05, 0.1) is 18.2 Å². The number of hydrogen-bond donors (Lipinski definition) is 6. The first-order chi connectivity index (χ1) is 15.2. The quantitative estimate of drug-likeness (QED) is 0.243. The van der Waals surface area contributed by atoms with Crippen LogP contribution in [0, 0.1) is 0 Å². The SMILES string of the molecule is CC1[C@H](OC(=O)c2cccc3ccccc23)C(O)(O)C23NC(N)=NC2[C@H](CO)N=C(N)N13. The average molecular weight is 440 g/mol. The molecule has 0 aliphatic carbocycles. The van der Waals surface area contributed by atoms with Gasteiger partial charge in [-0.3, -0.25) is 0 Å². The van der Waals surface area contributed by atoms with E-state index in [4.69, 9.17) is 16.2 Å². The second-order valence-corrected chi connectivity index (χ2v) is 8.28. The van der Waals surface area contributed by atoms with Gasteiger partial charge in [0, 0.05) is 0 Å². The Kier molecular flexibility index (Phi) is 4.35. The lowest BCUT2D eigenvalue weighted by Crippen LogP contribution is -2.77. The molecule has 32 heavy (non-hydrogen) atoms. The monoisotopic (exact) mass is 440 g/mol. The first-order valence-electron chi connectivity index (χ1n) is 10.2. The van der Waals surface area contributed by atoms with Crippen molar-refractivity contribution < 1.29 is 24.9 Å². The molecular weight excluding hydrogens is 416 g/mol. The number of aliphatic hydroxyl groups is 3. The highest BCUT2D eigenvalue weighted by Gasteiger charge is 2.76. The van der Waals surface area contributed by atoms with Crippen molar-refractivity contribution in [1.82, 2.24) is 10.2 Å². The molecule has 0 radical (unpaired) electrons. The number of guanidine groups is 2. The van der Waals surface area contributed by atoms with Crippen LogP contribution in [-0.4, -0.2) is 80.4 Å². The number of esters is 1. The van der Waals surface area contributed by atoms with E-state index in [1.807, 2.05) is 18.2 Å². The number of fused-ring (bicyclic) bond motifs is 1. The molecular formula is C21H24N6O5. The van der Waals surface area contributed by atoms with Gasteiger partial charge in [-0.25, -0.2) is 14.8 Å². The zero-order valence-corrected chi connectivity index (χ0v) is 17.2. The predicted octanol–water partition coefficient (Wildman–Crippen LogP) is -1.58. The number of nitrogens with zero attached hydrogens (tertiary/aromatic N) is 3. The van der Waals surface area contributed by atoms with Crippen LogP contribution >= 0.6 is 0 Å². The second-order valence-electron chi connectivity index (χ2n) is 8.28. The molecule has 3 heterocycles. The van der Waals surface area contributed by atoms with Gasteiger partial charge in [-0.05, 0) is 23.8 Å². The molecule has 168 valence electrons. The van der Waals surface area contributed by atoms with E-state index in [-0.39, 0.29) is 17.5 Å². The summed E-state index contributed by atoms with van der Waals surface area (Å²) >= 11 is 0. The minimum Gasteiger partial charge on any atom is -0.451 e. The van der Waals surface area contributed by atoms with Crippen LogP contribution in [0.3, 0.4) is 0 Å². The maximum Gasteiger partial charge on any atom is 0.339 e. The van der Waals surface area contributed by atoms with Crippen LogP contribution in [0.15, 0.2) is 52.4 Å². The van der Waals surface area contributed by atoms with Gasteiger partial charge in [-0.1, -0.05) is 36.4 Å². The first-order valence-corrected chi connectivity index (χ1v) is 10.2. The molecule has 2 aromatic carbocycles. The summed E-state index contributed by atoms with van der Waals surface area (Å²) in [5.74, 6) is -3.51. The maximum absolute atomic E-state index is 13.2. The van der Waals surface area contributed by atoms with Gasteiger partial charge in [0.2, 0.25) is 5.79 Å². The summed E-state index contributed by atoms with van der Waals surface area (Å²) in [6, 6.07) is 9.88. The number of benzene rings is 2. The van der Waals surface area contributed by atoms with Crippen molar-refractivity contribution in [2.45, 2.75) is 42.6 Å². The van der Waals surface area contributed by atoms with E-state index in [1.54, 1.807) is 31.2 Å². The molecule has 2 aromatic rings. The van der Waals surface area contributed by atoms with Crippen LogP contribution in [0.4, 0.5) is 0 Å². The van der Waals surface area contributed by atoms with Crippen LogP contribution in [0.25, 0.3) is 10.8 Å². The smallest absolute Gasteiger partial charge is 0.339 e. The molecule has 3 aliphatic rings. The number of nitrogens with two attached hydrogens (primary N) is 2. The van der Waals surface area contributed by atoms with Crippen molar-refractivity contribution in [2.24, 2.45) is 21.5 Å². The number of carbonyl (C=O) groups excluding carboxylic acids is 1. The van der Waals surface area contributed by atoms with E-state index in [9.17, 15) is 20.1 Å². The maximum atomic E-state index is 13.2. The van der Waals surface area contributed by atoms with Gasteiger partial charge in [-0.15, -0.1) is 0 Å². The molecule has 1 saturated heterocycles. The van der Waals surface area contributed by atoms with Gasteiger partial charge < -0.3 is 41.7 Å². The lowest BCUT2D eigenvalue weighted by Gasteiger charge is -2.48. The number of aliphatic imine (C=N–C) groups is 2. The summed E-state index contributed by atoms with van der Waals surface area (Å²) < 4.78 is 5.70. The highest BCUT2D eigenvalue weighted by molar-refractivity contribution is 6.04. The van der Waals surface area contributed by atoms with E-state index in [1.165, 1.54) is 4.90 Å². The molecule has 3 unspecified atom stereocenters. The number of carbonyl (C=O) groups is 1. The molecule has 0 amide bonds. The van der Waals surface area contributed by atoms with Gasteiger partial charge in [0.15, 0.2) is 23.7 Å². The molecule has 1 spiro atoms. The van der Waals surface area contributed by atoms with Crippen LogP contribution in [0.2, 0.25) is 0 Å². The summed E-state index contributed by atoms with van der Waals surface area (Å²) in [6.07, 6.45) is -1.43. The lowest BCUT2D eigenvalue weighted by atomic mass is 9.86. The number of hydrogen-bond acceptors (Lipinski definition) is 11. The zero-order chi connectivity index (χ0) is 22.8. The summed E-state index contributed by atoms with van der Waals surface area (Å²) in [7, 11) is 0. The standard InChI is InChI=1S/C21H24N6O5/c1-10-16(32-17(29)13-8-4-6-11-5-2-3-7-12(11)13)21(30,31)20-15(25-18(22)26-20)14(9-28)24-19(23)27(10)20/h2-8,10,14-16,28,30-31H,9H2,1H3,(H2,23,24)(H3,22,25,26)/t10?,14-,15?,16-,20?/m0/s1. The van der Waals surface area contributed by atoms with Crippen molar-refractivity contribution in [3.63, 3.8) is 0 Å². The van der Waals surface area contributed by atoms with Crippen LogP contribution in [0.5, 0.6) is 0 Å². The third-order valence-corrected chi connectivity index (χ3v) is 6.55. The predicted molar refractivity (Wildman–Crippen MR) is 115 cm³/mol. The van der Waals surface area contributed by atoms with Crippen molar-refractivity contribution in [1.29, 1.82) is 0 Å². The van der Waals surface area contributed by atoms with Crippen LogP contribution in [-0.2, 0) is 4.74 Å². The number of aliphatic hydroxyl groups excluding tert-OH is 1. The van der Waals surface area contributed by atoms with E-state index >= 15 is 0 Å². The normalized spacial score (nSPS) is 32.6. The van der Waals surface area contributed by atoms with Crippen molar-refractivity contribution in [3.8, 4) is 0 Å². The van der Waals surface area contributed by atoms with Crippen molar-refractivity contribution in [2.75, 3.05) is 6.61 Å². The Labute approximate surface area is 183 Å². The summed E-state index contributed by atoms with van der Waals surface area (Å²) in [4.78, 5) is 23.1. The molecule has 5 atom stereocenters.